The van der Waals surface area contributed by atoms with Crippen LogP contribution in [0.3, 0.4) is 0 Å². The van der Waals surface area contributed by atoms with E-state index >= 15 is 0 Å². The number of rotatable bonds is 6. The molecule has 0 spiro atoms. The summed E-state index contributed by atoms with van der Waals surface area (Å²) in [5.41, 5.74) is 7.96. The first-order valence-corrected chi connectivity index (χ1v) is 9.67. The monoisotopic (exact) mass is 432 g/mol. The fourth-order valence-corrected chi connectivity index (χ4v) is 2.86. The molecule has 4 rings (SSSR count). The van der Waals surface area contributed by atoms with Gasteiger partial charge in [0.2, 0.25) is 11.9 Å². The van der Waals surface area contributed by atoms with Gasteiger partial charge < -0.3 is 15.8 Å². The molecular formula is C22H17ClN6O2. The summed E-state index contributed by atoms with van der Waals surface area (Å²) in [6, 6.07) is 18.5. The topological polar surface area (TPSA) is 116 Å². The first-order chi connectivity index (χ1) is 15.0. The van der Waals surface area contributed by atoms with Crippen molar-refractivity contribution in [3.05, 3.63) is 83.3 Å². The van der Waals surface area contributed by atoms with Crippen molar-refractivity contribution < 1.29 is 9.53 Å². The summed E-state index contributed by atoms with van der Waals surface area (Å²) in [5.74, 6) is -0.0964. The van der Waals surface area contributed by atoms with E-state index in [1.807, 2.05) is 36.4 Å². The zero-order valence-electron chi connectivity index (χ0n) is 16.2. The third kappa shape index (κ3) is 5.52. The van der Waals surface area contributed by atoms with Gasteiger partial charge in [0.05, 0.1) is 11.2 Å². The van der Waals surface area contributed by atoms with Crippen molar-refractivity contribution in [1.29, 1.82) is 0 Å². The summed E-state index contributed by atoms with van der Waals surface area (Å²) in [5, 5.41) is 4.63. The summed E-state index contributed by atoms with van der Waals surface area (Å²) >= 11 is 5.88. The predicted octanol–water partition coefficient (Wildman–Crippen LogP) is 4.16. The molecule has 9 heteroatoms. The molecule has 0 saturated heterocycles. The van der Waals surface area contributed by atoms with Gasteiger partial charge in [-0.2, -0.15) is 15.0 Å². The van der Waals surface area contributed by atoms with Crippen LogP contribution in [0, 0.1) is 0 Å². The number of nitrogens with one attached hydrogen (secondary N) is 1. The molecule has 0 saturated carbocycles. The SMILES string of the molecule is Nc1nc(COC(=O)/C=C/c2ccc3ccccc3n2)nc(Nc2ccc(Cl)cc2)n1. The number of fused-ring (bicyclic) bond motifs is 1. The van der Waals surface area contributed by atoms with E-state index in [0.29, 0.717) is 10.7 Å². The third-order valence-electron chi connectivity index (χ3n) is 4.15. The minimum Gasteiger partial charge on any atom is -0.454 e. The van der Waals surface area contributed by atoms with E-state index in [-0.39, 0.29) is 24.3 Å². The van der Waals surface area contributed by atoms with Gasteiger partial charge in [-0.15, -0.1) is 0 Å². The van der Waals surface area contributed by atoms with Crippen LogP contribution >= 0.6 is 11.6 Å². The van der Waals surface area contributed by atoms with E-state index in [2.05, 4.69) is 25.3 Å². The number of hydrogen-bond donors (Lipinski definition) is 2. The van der Waals surface area contributed by atoms with Crippen molar-refractivity contribution in [2.24, 2.45) is 0 Å². The summed E-state index contributed by atoms with van der Waals surface area (Å²) in [4.78, 5) is 28.8. The van der Waals surface area contributed by atoms with Gasteiger partial charge in [0.1, 0.15) is 0 Å². The Labute approximate surface area is 182 Å². The smallest absolute Gasteiger partial charge is 0.331 e. The highest BCUT2D eigenvalue weighted by atomic mass is 35.5. The molecule has 154 valence electrons. The van der Waals surface area contributed by atoms with Crippen molar-refractivity contribution in [2.75, 3.05) is 11.1 Å². The lowest BCUT2D eigenvalue weighted by atomic mass is 10.2. The number of hydrogen-bond acceptors (Lipinski definition) is 8. The molecule has 0 atom stereocenters. The van der Waals surface area contributed by atoms with Crippen LogP contribution in [0.2, 0.25) is 5.02 Å². The number of nitrogens with two attached hydrogens (primary N) is 1. The molecule has 0 unspecified atom stereocenters. The van der Waals surface area contributed by atoms with Crippen LogP contribution in [-0.2, 0) is 16.1 Å². The van der Waals surface area contributed by atoms with E-state index in [1.165, 1.54) is 6.08 Å². The van der Waals surface area contributed by atoms with Gasteiger partial charge in [-0.1, -0.05) is 35.9 Å². The lowest BCUT2D eigenvalue weighted by Gasteiger charge is -2.07. The summed E-state index contributed by atoms with van der Waals surface area (Å²) < 4.78 is 5.21. The van der Waals surface area contributed by atoms with Gasteiger partial charge in [0, 0.05) is 22.2 Å². The number of nitrogen functional groups attached to an aromatic ring is 1. The number of nitrogens with zero attached hydrogens (tertiary/aromatic N) is 4. The highest BCUT2D eigenvalue weighted by Crippen LogP contribution is 2.17. The molecule has 4 aromatic rings. The first kappa shape index (κ1) is 20.2. The fourth-order valence-electron chi connectivity index (χ4n) is 2.73. The fraction of sp³-hybridized carbons (Fsp3) is 0.0455. The highest BCUT2D eigenvalue weighted by molar-refractivity contribution is 6.30. The second-order valence-corrected chi connectivity index (χ2v) is 6.87. The Kier molecular flexibility index (Phi) is 6.00. The Morgan fingerprint density at radius 3 is 2.65 bits per heavy atom. The Hall–Kier alpha value is -4.04. The van der Waals surface area contributed by atoms with Gasteiger partial charge in [0.15, 0.2) is 12.4 Å². The van der Waals surface area contributed by atoms with E-state index in [9.17, 15) is 4.79 Å². The van der Waals surface area contributed by atoms with Gasteiger partial charge in [-0.05, 0) is 42.5 Å². The normalized spacial score (nSPS) is 11.0. The van der Waals surface area contributed by atoms with E-state index in [1.54, 1.807) is 30.3 Å². The van der Waals surface area contributed by atoms with Gasteiger partial charge in [-0.25, -0.2) is 9.78 Å². The molecule has 0 aliphatic rings. The minimum atomic E-state index is -0.554. The molecule has 0 bridgehead atoms. The Bertz CT molecular complexity index is 1260. The number of halogens is 1. The second kappa shape index (κ2) is 9.19. The zero-order chi connectivity index (χ0) is 21.6. The number of anilines is 3. The van der Waals surface area contributed by atoms with Crippen LogP contribution in [-0.4, -0.2) is 25.9 Å². The Balaban J connectivity index is 1.38. The Morgan fingerprint density at radius 1 is 1.00 bits per heavy atom. The van der Waals surface area contributed by atoms with E-state index in [4.69, 9.17) is 22.1 Å². The Morgan fingerprint density at radius 2 is 1.81 bits per heavy atom. The lowest BCUT2D eigenvalue weighted by Crippen LogP contribution is -2.10. The molecule has 0 aliphatic heterocycles. The number of carbonyl (C=O) groups excluding carboxylic acids is 1. The van der Waals surface area contributed by atoms with Gasteiger partial charge >= 0.3 is 5.97 Å². The number of carbonyl (C=O) groups is 1. The highest BCUT2D eigenvalue weighted by Gasteiger charge is 2.08. The maximum Gasteiger partial charge on any atom is 0.331 e. The van der Waals surface area contributed by atoms with Crippen molar-refractivity contribution in [3.63, 3.8) is 0 Å². The minimum absolute atomic E-state index is 0.00779. The molecule has 2 aromatic carbocycles. The third-order valence-corrected chi connectivity index (χ3v) is 4.41. The number of benzene rings is 2. The average molecular weight is 433 g/mol. The van der Waals surface area contributed by atoms with Crippen LogP contribution in [0.5, 0.6) is 0 Å². The molecule has 2 heterocycles. The number of para-hydroxylation sites is 1. The van der Waals surface area contributed by atoms with Crippen molar-refractivity contribution in [3.8, 4) is 0 Å². The molecule has 0 amide bonds. The molecule has 0 radical (unpaired) electrons. The summed E-state index contributed by atoms with van der Waals surface area (Å²) in [6.45, 7) is -0.156. The van der Waals surface area contributed by atoms with Crippen LogP contribution in [0.1, 0.15) is 11.5 Å². The molecule has 3 N–H and O–H groups in total. The lowest BCUT2D eigenvalue weighted by molar-refractivity contribution is -0.139. The molecule has 0 fully saturated rings. The number of ether oxygens (including phenoxy) is 1. The molecule has 31 heavy (non-hydrogen) atoms. The quantitative estimate of drug-likeness (QED) is 0.344. The van der Waals surface area contributed by atoms with Crippen LogP contribution in [0.4, 0.5) is 17.6 Å². The first-order valence-electron chi connectivity index (χ1n) is 9.29. The summed E-state index contributed by atoms with van der Waals surface area (Å²) in [6.07, 6.45) is 2.89. The number of pyridine rings is 1. The number of esters is 1. The average Bonchev–Trinajstić information content (AvgIpc) is 2.77. The van der Waals surface area contributed by atoms with Crippen LogP contribution < -0.4 is 11.1 Å². The number of aromatic nitrogens is 4. The van der Waals surface area contributed by atoms with Crippen LogP contribution in [0.15, 0.2) is 66.7 Å². The maximum atomic E-state index is 12.1. The standard InChI is InChI=1S/C22H17ClN6O2/c23-15-6-9-17(10-7-15)26-22-28-19(27-21(24)29-22)13-31-20(30)12-11-16-8-5-14-3-1-2-4-18(14)25-16/h1-12H,13H2,(H3,24,26,27,28,29)/b12-11+. The largest absolute Gasteiger partial charge is 0.454 e. The van der Waals surface area contributed by atoms with Crippen LogP contribution in [0.25, 0.3) is 17.0 Å². The maximum absolute atomic E-state index is 12.1. The molecule has 8 nitrogen and oxygen atoms in total. The van der Waals surface area contributed by atoms with E-state index in [0.717, 1.165) is 16.6 Å². The second-order valence-electron chi connectivity index (χ2n) is 6.44. The molecule has 2 aromatic heterocycles. The van der Waals surface area contributed by atoms with Gasteiger partial charge in [-0.3, -0.25) is 0 Å². The van der Waals surface area contributed by atoms with Crippen molar-refractivity contribution >= 4 is 52.1 Å². The predicted molar refractivity (Wildman–Crippen MR) is 120 cm³/mol. The van der Waals surface area contributed by atoms with Crippen molar-refractivity contribution in [1.82, 2.24) is 19.9 Å². The van der Waals surface area contributed by atoms with Crippen molar-refractivity contribution in [2.45, 2.75) is 6.61 Å². The molecule has 0 aliphatic carbocycles. The van der Waals surface area contributed by atoms with Gasteiger partial charge in [0.25, 0.3) is 0 Å². The zero-order valence-corrected chi connectivity index (χ0v) is 17.0. The summed E-state index contributed by atoms with van der Waals surface area (Å²) in [7, 11) is 0. The molecular weight excluding hydrogens is 416 g/mol. The van der Waals surface area contributed by atoms with E-state index < -0.39 is 5.97 Å².